The molecule has 2 fully saturated rings. The van der Waals surface area contributed by atoms with Gasteiger partial charge in [0.15, 0.2) is 11.5 Å². The van der Waals surface area contributed by atoms with Crippen LogP contribution in [0.3, 0.4) is 0 Å². The maximum Gasteiger partial charge on any atom is 0.163 e. The van der Waals surface area contributed by atoms with E-state index < -0.39 is 0 Å². The van der Waals surface area contributed by atoms with Crippen LogP contribution in [0.5, 0.6) is 11.5 Å². The lowest BCUT2D eigenvalue weighted by atomic mass is 9.87. The lowest BCUT2D eigenvalue weighted by molar-refractivity contribution is 0.0950. The monoisotopic (exact) mass is 261 g/mol. The van der Waals surface area contributed by atoms with Gasteiger partial charge in [0.2, 0.25) is 0 Å². The van der Waals surface area contributed by atoms with Crippen LogP contribution in [0.2, 0.25) is 0 Å². The zero-order chi connectivity index (χ0) is 13.1. The van der Waals surface area contributed by atoms with E-state index in [1.54, 1.807) is 0 Å². The first-order valence-corrected chi connectivity index (χ1v) is 7.40. The van der Waals surface area contributed by atoms with Crippen molar-refractivity contribution < 1.29 is 9.47 Å². The highest BCUT2D eigenvalue weighted by molar-refractivity contribution is 5.39. The first-order valence-electron chi connectivity index (χ1n) is 7.40. The second-order valence-electron chi connectivity index (χ2n) is 5.76. The van der Waals surface area contributed by atoms with Crippen molar-refractivity contribution in [1.29, 1.82) is 0 Å². The molecule has 2 saturated carbocycles. The van der Waals surface area contributed by atoms with Crippen molar-refractivity contribution in [2.75, 3.05) is 13.8 Å². The summed E-state index contributed by atoms with van der Waals surface area (Å²) in [4.78, 5) is 0. The van der Waals surface area contributed by atoms with Crippen molar-refractivity contribution >= 4 is 0 Å². The molecule has 0 spiro atoms. The van der Waals surface area contributed by atoms with E-state index in [2.05, 4.69) is 5.32 Å². The molecular formula is C16H23NO2. The SMILES string of the molecule is CNCOc1ccccc1OC1CCC2CCC1C2. The molecule has 3 atom stereocenters. The van der Waals surface area contributed by atoms with Crippen LogP contribution in [0.15, 0.2) is 24.3 Å². The van der Waals surface area contributed by atoms with Gasteiger partial charge in [-0.1, -0.05) is 18.6 Å². The molecule has 2 aliphatic carbocycles. The van der Waals surface area contributed by atoms with Gasteiger partial charge >= 0.3 is 0 Å². The van der Waals surface area contributed by atoms with Gasteiger partial charge in [-0.25, -0.2) is 0 Å². The summed E-state index contributed by atoms with van der Waals surface area (Å²) in [6.07, 6.45) is 7.04. The van der Waals surface area contributed by atoms with E-state index in [0.717, 1.165) is 23.3 Å². The molecule has 3 nitrogen and oxygen atoms in total. The summed E-state index contributed by atoms with van der Waals surface area (Å²) in [5, 5.41) is 3.00. The highest BCUT2D eigenvalue weighted by Crippen LogP contribution is 2.44. The average molecular weight is 261 g/mol. The molecular weight excluding hydrogens is 238 g/mol. The molecule has 19 heavy (non-hydrogen) atoms. The lowest BCUT2D eigenvalue weighted by Gasteiger charge is -2.29. The molecule has 2 aliphatic rings. The predicted molar refractivity (Wildman–Crippen MR) is 75.5 cm³/mol. The Morgan fingerprint density at radius 1 is 1.11 bits per heavy atom. The van der Waals surface area contributed by atoms with E-state index in [4.69, 9.17) is 9.47 Å². The predicted octanol–water partition coefficient (Wildman–Crippen LogP) is 3.20. The Morgan fingerprint density at radius 2 is 1.89 bits per heavy atom. The van der Waals surface area contributed by atoms with Crippen molar-refractivity contribution in [2.45, 2.75) is 38.2 Å². The minimum absolute atomic E-state index is 0.387. The van der Waals surface area contributed by atoms with Crippen molar-refractivity contribution in [3.8, 4) is 11.5 Å². The molecule has 0 heterocycles. The van der Waals surface area contributed by atoms with Gasteiger partial charge < -0.3 is 9.47 Å². The molecule has 3 rings (SSSR count). The van der Waals surface area contributed by atoms with Crippen LogP contribution in [0, 0.1) is 11.8 Å². The van der Waals surface area contributed by atoms with Crippen LogP contribution in [0.25, 0.3) is 0 Å². The van der Waals surface area contributed by atoms with Crippen LogP contribution in [-0.2, 0) is 0 Å². The second-order valence-corrected chi connectivity index (χ2v) is 5.76. The van der Waals surface area contributed by atoms with E-state index >= 15 is 0 Å². The van der Waals surface area contributed by atoms with Gasteiger partial charge in [0.05, 0.1) is 0 Å². The summed E-state index contributed by atoms with van der Waals surface area (Å²) in [7, 11) is 1.88. The van der Waals surface area contributed by atoms with Crippen LogP contribution < -0.4 is 14.8 Å². The van der Waals surface area contributed by atoms with Gasteiger partial charge in [-0.05, 0) is 56.7 Å². The normalized spacial score (nSPS) is 29.2. The standard InChI is InChI=1S/C16H23NO2/c1-17-11-18-15-4-2-3-5-16(15)19-14-9-7-12-6-8-13(14)10-12/h2-5,12-14,17H,6-11H2,1H3. The number of fused-ring (bicyclic) bond motifs is 2. The third kappa shape index (κ3) is 2.86. The highest BCUT2D eigenvalue weighted by atomic mass is 16.5. The van der Waals surface area contributed by atoms with Crippen molar-refractivity contribution in [3.05, 3.63) is 24.3 Å². The van der Waals surface area contributed by atoms with Crippen molar-refractivity contribution in [2.24, 2.45) is 11.8 Å². The first kappa shape index (κ1) is 12.8. The van der Waals surface area contributed by atoms with Crippen LogP contribution >= 0.6 is 0 Å². The van der Waals surface area contributed by atoms with Gasteiger partial charge in [-0.3, -0.25) is 5.32 Å². The Labute approximate surface area is 115 Å². The summed E-state index contributed by atoms with van der Waals surface area (Å²) >= 11 is 0. The maximum atomic E-state index is 6.26. The van der Waals surface area contributed by atoms with E-state index in [0.29, 0.717) is 12.8 Å². The molecule has 0 amide bonds. The van der Waals surface area contributed by atoms with Crippen molar-refractivity contribution in [1.82, 2.24) is 5.32 Å². The smallest absolute Gasteiger partial charge is 0.163 e. The Kier molecular flexibility index (Phi) is 3.92. The Hall–Kier alpha value is -1.22. The number of benzene rings is 1. The third-order valence-corrected chi connectivity index (χ3v) is 4.47. The van der Waals surface area contributed by atoms with Crippen molar-refractivity contribution in [3.63, 3.8) is 0 Å². The molecule has 0 radical (unpaired) electrons. The van der Waals surface area contributed by atoms with Gasteiger partial charge in [0.25, 0.3) is 0 Å². The summed E-state index contributed by atoms with van der Waals surface area (Å²) in [5.74, 6) is 3.47. The molecule has 3 heteroatoms. The minimum Gasteiger partial charge on any atom is -0.486 e. The fourth-order valence-corrected chi connectivity index (χ4v) is 3.48. The summed E-state index contributed by atoms with van der Waals surface area (Å²) < 4.78 is 11.9. The fraction of sp³-hybridized carbons (Fsp3) is 0.625. The Morgan fingerprint density at radius 3 is 2.74 bits per heavy atom. The number of hydrogen-bond acceptors (Lipinski definition) is 3. The zero-order valence-electron chi connectivity index (χ0n) is 11.6. The average Bonchev–Trinajstić information content (AvgIpc) is 2.84. The number of nitrogens with one attached hydrogen (secondary N) is 1. The van der Waals surface area contributed by atoms with Crippen LogP contribution in [0.4, 0.5) is 0 Å². The highest BCUT2D eigenvalue weighted by Gasteiger charge is 2.37. The van der Waals surface area contributed by atoms with Crippen LogP contribution in [-0.4, -0.2) is 19.9 Å². The topological polar surface area (TPSA) is 30.5 Å². The Balaban J connectivity index is 1.68. The Bertz CT molecular complexity index is 421. The molecule has 3 unspecified atom stereocenters. The second kappa shape index (κ2) is 5.83. The van der Waals surface area contributed by atoms with Gasteiger partial charge in [-0.15, -0.1) is 0 Å². The van der Waals surface area contributed by atoms with Gasteiger partial charge in [0.1, 0.15) is 12.8 Å². The summed E-state index contributed by atoms with van der Waals surface area (Å²) in [6.45, 7) is 0.510. The van der Waals surface area contributed by atoms with E-state index in [1.807, 2.05) is 31.3 Å². The molecule has 104 valence electrons. The summed E-state index contributed by atoms with van der Waals surface area (Å²) in [5.41, 5.74) is 0. The van der Waals surface area contributed by atoms with Gasteiger partial charge in [-0.2, -0.15) is 0 Å². The zero-order valence-corrected chi connectivity index (χ0v) is 11.6. The number of ether oxygens (including phenoxy) is 2. The molecule has 1 N–H and O–H groups in total. The maximum absolute atomic E-state index is 6.26. The largest absolute Gasteiger partial charge is 0.486 e. The number of rotatable bonds is 5. The van der Waals surface area contributed by atoms with E-state index in [-0.39, 0.29) is 0 Å². The third-order valence-electron chi connectivity index (χ3n) is 4.47. The molecule has 1 aromatic rings. The summed E-state index contributed by atoms with van der Waals surface area (Å²) in [6, 6.07) is 8.01. The molecule has 0 aliphatic heterocycles. The molecule has 1 aromatic carbocycles. The van der Waals surface area contributed by atoms with E-state index in [9.17, 15) is 0 Å². The molecule has 0 aromatic heterocycles. The quantitative estimate of drug-likeness (QED) is 0.826. The lowest BCUT2D eigenvalue weighted by Crippen LogP contribution is -2.29. The molecule has 0 saturated heterocycles. The van der Waals surface area contributed by atoms with Gasteiger partial charge in [0, 0.05) is 0 Å². The minimum atomic E-state index is 0.387. The first-order chi connectivity index (χ1) is 9.36. The number of hydrogen-bond donors (Lipinski definition) is 1. The number of para-hydroxylation sites is 2. The fourth-order valence-electron chi connectivity index (χ4n) is 3.48. The van der Waals surface area contributed by atoms with E-state index in [1.165, 1.54) is 32.1 Å². The molecule has 2 bridgehead atoms. The van der Waals surface area contributed by atoms with Crippen LogP contribution in [0.1, 0.15) is 32.1 Å².